The highest BCUT2D eigenvalue weighted by Gasteiger charge is 2.32. The van der Waals surface area contributed by atoms with Gasteiger partial charge in [0.05, 0.1) is 16.2 Å². The van der Waals surface area contributed by atoms with Crippen molar-refractivity contribution in [2.24, 2.45) is 0 Å². The molecule has 148 valence electrons. The monoisotopic (exact) mass is 428 g/mol. The van der Waals surface area contributed by atoms with E-state index < -0.39 is 21.8 Å². The van der Waals surface area contributed by atoms with Gasteiger partial charge in [-0.3, -0.25) is 0 Å². The largest absolute Gasteiger partial charge is 0.416 e. The fourth-order valence-electron chi connectivity index (χ4n) is 2.80. The van der Waals surface area contributed by atoms with Crippen LogP contribution in [0.3, 0.4) is 0 Å². The molecule has 0 fully saturated rings. The summed E-state index contributed by atoms with van der Waals surface area (Å²) < 4.78 is 65.7. The molecule has 0 aliphatic carbocycles. The molecule has 0 aliphatic heterocycles. The van der Waals surface area contributed by atoms with Crippen LogP contribution in [0.25, 0.3) is 11.3 Å². The number of alkyl halides is 3. The lowest BCUT2D eigenvalue weighted by atomic mass is 10.1. The van der Waals surface area contributed by atoms with E-state index in [-0.39, 0.29) is 10.0 Å². The average Bonchev–Trinajstić information content (AvgIpc) is 2.99. The van der Waals surface area contributed by atoms with Gasteiger partial charge in [-0.05, 0) is 42.9 Å². The Morgan fingerprint density at radius 3 is 2.18 bits per heavy atom. The van der Waals surface area contributed by atoms with Crippen LogP contribution >= 0.6 is 11.6 Å². The van der Waals surface area contributed by atoms with Crippen LogP contribution in [0.1, 0.15) is 11.1 Å². The Morgan fingerprint density at radius 1 is 1.04 bits per heavy atom. The van der Waals surface area contributed by atoms with Crippen molar-refractivity contribution < 1.29 is 21.6 Å². The fraction of sp³-hybridized carbons (Fsp3) is 0.158. The molecule has 0 spiro atoms. The maximum Gasteiger partial charge on any atom is 0.416 e. The maximum atomic E-state index is 13.2. The molecule has 3 rings (SSSR count). The van der Waals surface area contributed by atoms with Crippen molar-refractivity contribution in [3.8, 4) is 11.3 Å². The second-order valence-electron chi connectivity index (χ2n) is 6.03. The van der Waals surface area contributed by atoms with Gasteiger partial charge in [0.15, 0.2) is 0 Å². The van der Waals surface area contributed by atoms with E-state index in [1.54, 1.807) is 43.4 Å². The number of benzene rings is 2. The Hall–Kier alpha value is -2.29. The molecule has 1 N–H and O–H groups in total. The summed E-state index contributed by atoms with van der Waals surface area (Å²) >= 11 is 6.36. The number of nitrogens with zero attached hydrogens (tertiary/aromatic N) is 1. The van der Waals surface area contributed by atoms with E-state index in [2.05, 4.69) is 5.32 Å². The Labute approximate surface area is 165 Å². The van der Waals surface area contributed by atoms with Gasteiger partial charge in [0.25, 0.3) is 10.0 Å². The first-order chi connectivity index (χ1) is 13.2. The molecule has 3 aromatic rings. The van der Waals surface area contributed by atoms with Gasteiger partial charge in [-0.2, -0.15) is 13.2 Å². The SMILES string of the molecule is CNCc1cc(-c2ccccc2)n(S(=O)(=O)c2ccc(C(F)(F)F)cc2)c1Cl. The second kappa shape index (κ2) is 7.62. The predicted octanol–water partition coefficient (Wildman–Crippen LogP) is 4.78. The maximum absolute atomic E-state index is 13.2. The van der Waals surface area contributed by atoms with Crippen molar-refractivity contribution in [2.45, 2.75) is 17.6 Å². The fourth-order valence-corrected chi connectivity index (χ4v) is 4.72. The molecule has 0 saturated carbocycles. The number of aromatic nitrogens is 1. The smallest absolute Gasteiger partial charge is 0.316 e. The summed E-state index contributed by atoms with van der Waals surface area (Å²) in [7, 11) is -2.52. The third-order valence-corrected chi connectivity index (χ3v) is 6.37. The lowest BCUT2D eigenvalue weighted by Crippen LogP contribution is -2.15. The summed E-state index contributed by atoms with van der Waals surface area (Å²) in [6, 6.07) is 13.7. The van der Waals surface area contributed by atoms with Crippen LogP contribution in [0, 0.1) is 0 Å². The van der Waals surface area contributed by atoms with Gasteiger partial charge < -0.3 is 5.32 Å². The standard InChI is InChI=1S/C19H16ClF3N2O2S/c1-24-12-14-11-17(13-5-3-2-4-6-13)25(18(14)20)28(26,27)16-9-7-15(8-10-16)19(21,22)23/h2-11,24H,12H2,1H3. The molecule has 9 heteroatoms. The van der Waals surface area contributed by atoms with Crippen molar-refractivity contribution in [1.29, 1.82) is 0 Å². The summed E-state index contributed by atoms with van der Waals surface area (Å²) in [5.74, 6) is 0. The molecule has 0 aliphatic rings. The van der Waals surface area contributed by atoms with Crippen molar-refractivity contribution in [3.05, 3.63) is 76.9 Å². The zero-order valence-electron chi connectivity index (χ0n) is 14.7. The van der Waals surface area contributed by atoms with Gasteiger partial charge in [-0.25, -0.2) is 12.4 Å². The highest BCUT2D eigenvalue weighted by Crippen LogP contribution is 2.35. The van der Waals surface area contributed by atoms with E-state index in [0.717, 1.165) is 28.2 Å². The first kappa shape index (κ1) is 20.4. The molecule has 1 heterocycles. The summed E-state index contributed by atoms with van der Waals surface area (Å²) in [5, 5.41) is 2.89. The molecule has 0 unspecified atom stereocenters. The van der Waals surface area contributed by atoms with E-state index >= 15 is 0 Å². The molecule has 0 radical (unpaired) electrons. The minimum atomic E-state index is -4.55. The number of hydrogen-bond donors (Lipinski definition) is 1. The van der Waals surface area contributed by atoms with Gasteiger partial charge in [0.1, 0.15) is 5.15 Å². The molecule has 0 atom stereocenters. The molecular formula is C19H16ClF3N2O2S. The Kier molecular flexibility index (Phi) is 5.56. The van der Waals surface area contributed by atoms with Crippen LogP contribution in [0.5, 0.6) is 0 Å². The minimum Gasteiger partial charge on any atom is -0.316 e. The summed E-state index contributed by atoms with van der Waals surface area (Å²) in [5.41, 5.74) is 0.570. The molecular weight excluding hydrogens is 413 g/mol. The summed E-state index contributed by atoms with van der Waals surface area (Å²) in [6.45, 7) is 0.328. The second-order valence-corrected chi connectivity index (χ2v) is 8.18. The first-order valence-corrected chi connectivity index (χ1v) is 10.0. The molecule has 0 saturated heterocycles. The van der Waals surface area contributed by atoms with Crippen LogP contribution in [0.15, 0.2) is 65.6 Å². The number of nitrogens with one attached hydrogen (secondary N) is 1. The molecule has 4 nitrogen and oxygen atoms in total. The van der Waals surface area contributed by atoms with E-state index in [9.17, 15) is 21.6 Å². The van der Waals surface area contributed by atoms with Crippen LogP contribution in [-0.4, -0.2) is 19.4 Å². The predicted molar refractivity (Wildman–Crippen MR) is 102 cm³/mol. The van der Waals surface area contributed by atoms with Crippen LogP contribution in [0.4, 0.5) is 13.2 Å². The van der Waals surface area contributed by atoms with Gasteiger partial charge in [0, 0.05) is 12.1 Å². The highest BCUT2D eigenvalue weighted by molar-refractivity contribution is 7.90. The Balaban J connectivity index is 2.18. The van der Waals surface area contributed by atoms with Crippen molar-refractivity contribution in [1.82, 2.24) is 9.29 Å². The molecule has 0 amide bonds. The lowest BCUT2D eigenvalue weighted by Gasteiger charge is -2.13. The van der Waals surface area contributed by atoms with Crippen molar-refractivity contribution in [2.75, 3.05) is 7.05 Å². The molecule has 28 heavy (non-hydrogen) atoms. The molecule has 1 aromatic heterocycles. The van der Waals surface area contributed by atoms with Gasteiger partial charge in [-0.15, -0.1) is 0 Å². The third kappa shape index (κ3) is 3.80. The Bertz CT molecular complexity index is 1080. The molecule has 0 bridgehead atoms. The zero-order chi connectivity index (χ0) is 20.5. The van der Waals surface area contributed by atoms with Gasteiger partial charge in [-0.1, -0.05) is 41.9 Å². The summed E-state index contributed by atoms with van der Waals surface area (Å²) in [6.07, 6.45) is -4.55. The van der Waals surface area contributed by atoms with Gasteiger partial charge in [0.2, 0.25) is 0 Å². The molecule has 2 aromatic carbocycles. The van der Waals surface area contributed by atoms with E-state index in [1.165, 1.54) is 0 Å². The number of halogens is 4. The zero-order valence-corrected chi connectivity index (χ0v) is 16.2. The van der Waals surface area contributed by atoms with E-state index in [1.807, 2.05) is 0 Å². The minimum absolute atomic E-state index is 0.0203. The van der Waals surface area contributed by atoms with E-state index in [4.69, 9.17) is 11.6 Å². The normalized spacial score (nSPS) is 12.3. The Morgan fingerprint density at radius 2 is 1.64 bits per heavy atom. The quantitative estimate of drug-likeness (QED) is 0.636. The van der Waals surface area contributed by atoms with Gasteiger partial charge >= 0.3 is 6.18 Å². The van der Waals surface area contributed by atoms with Crippen LogP contribution < -0.4 is 5.32 Å². The van der Waals surface area contributed by atoms with E-state index in [0.29, 0.717) is 23.4 Å². The lowest BCUT2D eigenvalue weighted by molar-refractivity contribution is -0.137. The average molecular weight is 429 g/mol. The van der Waals surface area contributed by atoms with Crippen LogP contribution in [0.2, 0.25) is 5.15 Å². The summed E-state index contributed by atoms with van der Waals surface area (Å²) in [4.78, 5) is -0.286. The number of hydrogen-bond acceptors (Lipinski definition) is 3. The number of rotatable bonds is 5. The van der Waals surface area contributed by atoms with Crippen molar-refractivity contribution >= 4 is 21.6 Å². The topological polar surface area (TPSA) is 51.1 Å². The van der Waals surface area contributed by atoms with Crippen LogP contribution in [-0.2, 0) is 22.7 Å². The third-order valence-electron chi connectivity index (χ3n) is 4.13. The highest BCUT2D eigenvalue weighted by atomic mass is 35.5. The van der Waals surface area contributed by atoms with Crippen molar-refractivity contribution in [3.63, 3.8) is 0 Å². The first-order valence-electron chi connectivity index (χ1n) is 8.19.